The Bertz CT molecular complexity index is 1980. The maximum Gasteiger partial charge on any atom is 0.232 e. The first-order chi connectivity index (χ1) is 21.2. The predicted molar refractivity (Wildman–Crippen MR) is 165 cm³/mol. The number of phenolic OH excluding ortho intramolecular Hbond substituents is 2. The molecule has 2 fully saturated rings. The molecule has 0 amide bonds. The second-order valence-electron chi connectivity index (χ2n) is 12.7. The summed E-state index contributed by atoms with van der Waals surface area (Å²) in [5, 5.41) is 54.2. The van der Waals surface area contributed by atoms with Crippen molar-refractivity contribution in [2.45, 2.75) is 70.9 Å². The molecule has 6 N–H and O–H groups in total. The van der Waals surface area contributed by atoms with Gasteiger partial charge in [0, 0.05) is 50.8 Å². The molecule has 9 heteroatoms. The molecule has 4 aliphatic carbocycles. The Morgan fingerprint density at radius 1 is 0.932 bits per heavy atom. The minimum absolute atomic E-state index is 0.0195. The van der Waals surface area contributed by atoms with Crippen molar-refractivity contribution in [2.75, 3.05) is 7.11 Å². The van der Waals surface area contributed by atoms with E-state index in [0.717, 1.165) is 42.5 Å². The summed E-state index contributed by atoms with van der Waals surface area (Å²) in [6.07, 6.45) is 6.21. The van der Waals surface area contributed by atoms with Crippen LogP contribution in [-0.2, 0) is 22.7 Å². The number of hydrogen-bond acceptors (Lipinski definition) is 9. The fraction of sp³-hybridized carbons (Fsp3) is 0.371. The molecule has 0 spiro atoms. The van der Waals surface area contributed by atoms with Gasteiger partial charge in [-0.1, -0.05) is 24.5 Å². The van der Waals surface area contributed by atoms with Gasteiger partial charge in [0.25, 0.3) is 0 Å². The molecule has 1 heterocycles. The quantitative estimate of drug-likeness (QED) is 0.242. The van der Waals surface area contributed by atoms with Gasteiger partial charge in [-0.15, -0.1) is 0 Å². The Kier molecular flexibility index (Phi) is 5.85. The van der Waals surface area contributed by atoms with Crippen molar-refractivity contribution in [1.29, 1.82) is 0 Å². The van der Waals surface area contributed by atoms with Gasteiger partial charge >= 0.3 is 0 Å². The average Bonchev–Trinajstić information content (AvgIpc) is 3.14. The molecular formula is C35H34N2O7. The van der Waals surface area contributed by atoms with Crippen LogP contribution in [0.5, 0.6) is 11.5 Å². The minimum atomic E-state index is -0.812. The summed E-state index contributed by atoms with van der Waals surface area (Å²) in [6, 6.07) is 2.92. The number of aliphatic hydroxyl groups is 2. The third-order valence-electron chi connectivity index (χ3n) is 10.5. The second kappa shape index (κ2) is 9.41. The molecule has 3 aromatic carbocycles. The molecule has 44 heavy (non-hydrogen) atoms. The molecule has 2 unspecified atom stereocenters. The summed E-state index contributed by atoms with van der Waals surface area (Å²) in [5.74, 6) is -1.83. The van der Waals surface area contributed by atoms with Gasteiger partial charge in [0.05, 0.1) is 37.8 Å². The first-order valence-electron chi connectivity index (χ1n) is 15.2. The van der Waals surface area contributed by atoms with Gasteiger partial charge in [0.2, 0.25) is 5.78 Å². The predicted octanol–water partition coefficient (Wildman–Crippen LogP) is 4.38. The zero-order valence-electron chi connectivity index (χ0n) is 24.8. The van der Waals surface area contributed by atoms with E-state index in [9.17, 15) is 30.0 Å². The molecule has 4 atom stereocenters. The molecule has 1 aliphatic heterocycles. The largest absolute Gasteiger partial charge is 0.508 e. The highest BCUT2D eigenvalue weighted by Gasteiger charge is 2.47. The topological polar surface area (TPSA) is 148 Å². The number of fused-ring (bicyclic) bond motifs is 4. The third kappa shape index (κ3) is 3.29. The van der Waals surface area contributed by atoms with E-state index < -0.39 is 31.0 Å². The van der Waals surface area contributed by atoms with Crippen molar-refractivity contribution in [3.05, 3.63) is 68.6 Å². The Morgan fingerprint density at radius 3 is 2.25 bits per heavy atom. The number of benzene rings is 3. The molecule has 3 aromatic rings. The number of rotatable bonds is 4. The molecule has 0 bridgehead atoms. The van der Waals surface area contributed by atoms with Crippen LogP contribution in [0.1, 0.15) is 83.7 Å². The monoisotopic (exact) mass is 594 g/mol. The smallest absolute Gasteiger partial charge is 0.232 e. The number of allylic oxidation sites excluding steroid dienone is 5. The molecule has 1 saturated heterocycles. The number of carbonyl (C=O) groups excluding carboxylic acids is 2. The molecule has 0 aromatic heterocycles. The van der Waals surface area contributed by atoms with Gasteiger partial charge < -0.3 is 35.8 Å². The molecule has 9 nitrogen and oxygen atoms in total. The highest BCUT2D eigenvalue weighted by molar-refractivity contribution is 6.34. The fourth-order valence-electron chi connectivity index (χ4n) is 8.82. The lowest BCUT2D eigenvalue weighted by Crippen LogP contribution is -2.57. The van der Waals surface area contributed by atoms with Crippen LogP contribution in [0.4, 0.5) is 0 Å². The van der Waals surface area contributed by atoms with Crippen LogP contribution in [0.3, 0.4) is 0 Å². The summed E-state index contributed by atoms with van der Waals surface area (Å²) in [7, 11) is 1.39. The Morgan fingerprint density at radius 2 is 1.59 bits per heavy atom. The van der Waals surface area contributed by atoms with E-state index in [-0.39, 0.29) is 40.7 Å². The van der Waals surface area contributed by atoms with Gasteiger partial charge in [0.1, 0.15) is 17.3 Å². The van der Waals surface area contributed by atoms with Gasteiger partial charge in [-0.2, -0.15) is 0 Å². The van der Waals surface area contributed by atoms with E-state index in [1.165, 1.54) is 20.1 Å². The van der Waals surface area contributed by atoms with Gasteiger partial charge in [-0.25, -0.2) is 0 Å². The van der Waals surface area contributed by atoms with E-state index in [1.807, 2.05) is 13.0 Å². The highest BCUT2D eigenvalue weighted by atomic mass is 16.5. The van der Waals surface area contributed by atoms with Crippen LogP contribution < -0.4 is 10.6 Å². The number of carbonyl (C=O) groups is 2. The van der Waals surface area contributed by atoms with Crippen LogP contribution in [0.25, 0.3) is 32.7 Å². The maximum absolute atomic E-state index is 14.2. The summed E-state index contributed by atoms with van der Waals surface area (Å²) in [5.41, 5.74) is 5.61. The number of hydrogen-bond donors (Lipinski definition) is 6. The standard InChI is InChI=1S/C35H34N2O7/c1-13-8-17-25-28-23(15(11-38)9-20(41)26(28)33-32(17)36-18-6-4-5-7-19(18)37-33)24-16(12-39)10-21(42)27-29(24)30(25)31(22(13)14(2)40)35(44-3)34(27)43/h8-10,18-19,22,33,36-39,41-42H,4-7,11-12H2,1-3H3/t18-,19+,22?,33?/m1/s1. The number of methoxy groups -OCH3 is 1. The zero-order chi connectivity index (χ0) is 30.8. The van der Waals surface area contributed by atoms with E-state index in [4.69, 9.17) is 4.74 Å². The number of ketones is 2. The lowest BCUT2D eigenvalue weighted by molar-refractivity contribution is -0.118. The summed E-state index contributed by atoms with van der Waals surface area (Å²) in [6.45, 7) is 2.53. The number of Topliss-reactive ketones (excluding diaryl/α,β-unsaturated/α-hetero) is 2. The SMILES string of the molecule is COC1=C2c3c4c5c(c(O)cc(CO)c5c5c(CO)cc(O)c(c35)C1=O)C1N[C@H]3CCCC[C@H]3NC1=C4C=C(C)C2C(C)=O. The van der Waals surface area contributed by atoms with Crippen molar-refractivity contribution in [3.63, 3.8) is 0 Å². The van der Waals surface area contributed by atoms with E-state index in [0.29, 0.717) is 54.9 Å². The van der Waals surface area contributed by atoms with Crippen molar-refractivity contribution >= 4 is 44.3 Å². The maximum atomic E-state index is 14.2. The third-order valence-corrected chi connectivity index (χ3v) is 10.5. The first-order valence-corrected chi connectivity index (χ1v) is 15.2. The first kappa shape index (κ1) is 27.4. The van der Waals surface area contributed by atoms with Crippen LogP contribution in [0, 0.1) is 5.92 Å². The van der Waals surface area contributed by atoms with Crippen molar-refractivity contribution in [1.82, 2.24) is 10.6 Å². The number of piperazine rings is 1. The van der Waals surface area contributed by atoms with Crippen molar-refractivity contribution in [2.24, 2.45) is 5.92 Å². The molecule has 8 rings (SSSR count). The molecule has 226 valence electrons. The molecule has 1 saturated carbocycles. The lowest BCUT2D eigenvalue weighted by Gasteiger charge is -2.46. The normalized spacial score (nSPS) is 25.1. The number of phenols is 2. The zero-order valence-corrected chi connectivity index (χ0v) is 24.8. The second-order valence-corrected chi connectivity index (χ2v) is 12.7. The Labute approximate surface area is 253 Å². The van der Waals surface area contributed by atoms with Gasteiger partial charge in [-0.05, 0) is 66.3 Å². The number of aliphatic hydroxyl groups excluding tert-OH is 2. The minimum Gasteiger partial charge on any atom is -0.508 e. The summed E-state index contributed by atoms with van der Waals surface area (Å²) >= 11 is 0. The van der Waals surface area contributed by atoms with Crippen LogP contribution in [0.2, 0.25) is 0 Å². The van der Waals surface area contributed by atoms with Crippen LogP contribution >= 0.6 is 0 Å². The lowest BCUT2D eigenvalue weighted by atomic mass is 9.70. The Hall–Kier alpha value is -4.18. The number of ether oxygens (including phenoxy) is 1. The fourth-order valence-corrected chi connectivity index (χ4v) is 8.82. The van der Waals surface area contributed by atoms with Crippen molar-refractivity contribution < 1.29 is 34.8 Å². The van der Waals surface area contributed by atoms with Crippen LogP contribution in [0.15, 0.2) is 35.2 Å². The molecule has 5 aliphatic rings. The number of aromatic hydroxyl groups is 2. The van der Waals surface area contributed by atoms with Crippen LogP contribution in [-0.4, -0.2) is 51.2 Å². The van der Waals surface area contributed by atoms with E-state index >= 15 is 0 Å². The average molecular weight is 595 g/mol. The highest BCUT2D eigenvalue weighted by Crippen LogP contribution is 2.59. The van der Waals surface area contributed by atoms with Gasteiger partial charge in [-0.3, -0.25) is 9.59 Å². The molecular weight excluding hydrogens is 560 g/mol. The summed E-state index contributed by atoms with van der Waals surface area (Å²) in [4.78, 5) is 27.7. The van der Waals surface area contributed by atoms with E-state index in [1.54, 1.807) is 6.07 Å². The van der Waals surface area contributed by atoms with Gasteiger partial charge in [0.15, 0.2) is 5.76 Å². The Balaban J connectivity index is 1.68. The number of nitrogens with one attached hydrogen (secondary N) is 2. The van der Waals surface area contributed by atoms with E-state index in [2.05, 4.69) is 10.6 Å². The summed E-state index contributed by atoms with van der Waals surface area (Å²) < 4.78 is 5.78. The van der Waals surface area contributed by atoms with Crippen molar-refractivity contribution in [3.8, 4) is 11.5 Å². The molecule has 0 radical (unpaired) electrons.